The van der Waals surface area contributed by atoms with Crippen LogP contribution in [0.5, 0.6) is 0 Å². The first-order valence-corrected chi connectivity index (χ1v) is 12.2. The van der Waals surface area contributed by atoms with Crippen molar-refractivity contribution in [2.75, 3.05) is 0 Å². The Labute approximate surface area is 143 Å². The van der Waals surface area contributed by atoms with Crippen LogP contribution >= 0.6 is 0 Å². The molecule has 0 aliphatic rings. The Kier molecular flexibility index (Phi) is 5.15. The highest BCUT2D eigenvalue weighted by atomic mass is 28.3. The smallest absolute Gasteiger partial charge is 0.0799 e. The first-order valence-electron chi connectivity index (χ1n) is 8.69. The minimum absolute atomic E-state index is 0.560. The number of rotatable bonds is 4. The molecule has 0 amide bonds. The fraction of sp³-hybridized carbons (Fsp3) is 0.476. The van der Waals surface area contributed by atoms with E-state index < -0.39 is 8.07 Å². The monoisotopic (exact) mass is 325 g/mol. The standard InChI is InChI=1S/C21H31NSi/c1-14(2)17(5)19-12-20(22-13-21(19)23(6,7)8)18-10-9-15(3)16(4)11-18/h9-14,17H,1-8H3. The third-order valence-electron chi connectivity index (χ3n) is 5.04. The van der Waals surface area contributed by atoms with E-state index in [-0.39, 0.29) is 0 Å². The lowest BCUT2D eigenvalue weighted by Crippen LogP contribution is -2.41. The molecule has 0 spiro atoms. The van der Waals surface area contributed by atoms with Crippen LogP contribution in [-0.2, 0) is 0 Å². The van der Waals surface area contributed by atoms with Crippen LogP contribution in [0.3, 0.4) is 0 Å². The van der Waals surface area contributed by atoms with Crippen molar-refractivity contribution in [3.8, 4) is 11.3 Å². The lowest BCUT2D eigenvalue weighted by molar-refractivity contribution is 0.537. The Bertz CT molecular complexity index is 695. The summed E-state index contributed by atoms with van der Waals surface area (Å²) < 4.78 is 0. The predicted octanol–water partition coefficient (Wildman–Crippen LogP) is 5.67. The van der Waals surface area contributed by atoms with Gasteiger partial charge in [-0.1, -0.05) is 52.5 Å². The minimum Gasteiger partial charge on any atom is -0.256 e. The van der Waals surface area contributed by atoms with Crippen molar-refractivity contribution in [3.05, 3.63) is 47.2 Å². The van der Waals surface area contributed by atoms with Crippen LogP contribution in [0.2, 0.25) is 19.6 Å². The fourth-order valence-electron chi connectivity index (χ4n) is 2.89. The lowest BCUT2D eigenvalue weighted by atomic mass is 9.90. The Morgan fingerprint density at radius 1 is 0.913 bits per heavy atom. The number of hydrogen-bond donors (Lipinski definition) is 0. The zero-order valence-electron chi connectivity index (χ0n) is 16.0. The van der Waals surface area contributed by atoms with Crippen LogP contribution in [0.4, 0.5) is 0 Å². The minimum atomic E-state index is -1.39. The molecule has 23 heavy (non-hydrogen) atoms. The van der Waals surface area contributed by atoms with E-state index >= 15 is 0 Å². The van der Waals surface area contributed by atoms with Crippen LogP contribution in [-0.4, -0.2) is 13.1 Å². The molecular formula is C21H31NSi. The number of aromatic nitrogens is 1. The SMILES string of the molecule is Cc1ccc(-c2cc(C(C)C(C)C)c([Si](C)(C)C)cn2)cc1C. The lowest BCUT2D eigenvalue weighted by Gasteiger charge is -2.26. The zero-order chi connectivity index (χ0) is 17.4. The number of nitrogens with zero attached hydrogens (tertiary/aromatic N) is 1. The molecule has 1 heterocycles. The normalized spacial score (nSPS) is 13.4. The Balaban J connectivity index is 2.59. The van der Waals surface area contributed by atoms with E-state index in [4.69, 9.17) is 4.98 Å². The maximum Gasteiger partial charge on any atom is 0.0799 e. The van der Waals surface area contributed by atoms with Crippen molar-refractivity contribution in [3.63, 3.8) is 0 Å². The molecule has 2 heteroatoms. The number of pyridine rings is 1. The number of hydrogen-bond acceptors (Lipinski definition) is 1. The highest BCUT2D eigenvalue weighted by Gasteiger charge is 2.25. The van der Waals surface area contributed by atoms with E-state index in [1.165, 1.54) is 27.4 Å². The van der Waals surface area contributed by atoms with Gasteiger partial charge in [0.1, 0.15) is 0 Å². The molecule has 2 aromatic rings. The van der Waals surface area contributed by atoms with Crippen LogP contribution < -0.4 is 5.19 Å². The van der Waals surface area contributed by atoms with Crippen LogP contribution in [0, 0.1) is 19.8 Å². The Morgan fingerprint density at radius 3 is 2.09 bits per heavy atom. The topological polar surface area (TPSA) is 12.9 Å². The van der Waals surface area contributed by atoms with Crippen molar-refractivity contribution in [1.82, 2.24) is 4.98 Å². The molecule has 1 nitrogen and oxygen atoms in total. The molecule has 0 aliphatic heterocycles. The van der Waals surface area contributed by atoms with E-state index in [1.807, 2.05) is 0 Å². The van der Waals surface area contributed by atoms with E-state index in [2.05, 4.69) is 84.7 Å². The van der Waals surface area contributed by atoms with Gasteiger partial charge in [0, 0.05) is 11.8 Å². The molecular weight excluding hydrogens is 294 g/mol. The Morgan fingerprint density at radius 2 is 1.57 bits per heavy atom. The van der Waals surface area contributed by atoms with Crippen LogP contribution in [0.1, 0.15) is 43.4 Å². The molecule has 1 unspecified atom stereocenters. The molecule has 124 valence electrons. The summed E-state index contributed by atoms with van der Waals surface area (Å²) in [6.45, 7) is 18.6. The summed E-state index contributed by atoms with van der Waals surface area (Å²) >= 11 is 0. The summed E-state index contributed by atoms with van der Waals surface area (Å²) in [7, 11) is -1.39. The molecule has 2 rings (SSSR count). The largest absolute Gasteiger partial charge is 0.256 e. The van der Waals surface area contributed by atoms with Crippen molar-refractivity contribution >= 4 is 13.3 Å². The van der Waals surface area contributed by atoms with Gasteiger partial charge in [0.2, 0.25) is 0 Å². The molecule has 1 aromatic carbocycles. The van der Waals surface area contributed by atoms with Gasteiger partial charge in [-0.15, -0.1) is 0 Å². The van der Waals surface area contributed by atoms with Crippen LogP contribution in [0.15, 0.2) is 30.5 Å². The summed E-state index contributed by atoms with van der Waals surface area (Å²) in [6, 6.07) is 9.00. The summed E-state index contributed by atoms with van der Waals surface area (Å²) in [5, 5.41) is 1.51. The number of benzene rings is 1. The van der Waals surface area contributed by atoms with Gasteiger partial charge < -0.3 is 0 Å². The summed E-state index contributed by atoms with van der Waals surface area (Å²) in [6.07, 6.45) is 2.16. The maximum atomic E-state index is 4.82. The summed E-state index contributed by atoms with van der Waals surface area (Å²) in [4.78, 5) is 4.82. The third kappa shape index (κ3) is 3.92. The molecule has 0 aliphatic carbocycles. The second kappa shape index (κ2) is 6.60. The quantitative estimate of drug-likeness (QED) is 0.660. The molecule has 0 N–H and O–H groups in total. The first-order chi connectivity index (χ1) is 10.6. The summed E-state index contributed by atoms with van der Waals surface area (Å²) in [5.74, 6) is 1.20. The van der Waals surface area contributed by atoms with Gasteiger partial charge in [-0.25, -0.2) is 0 Å². The molecule has 0 radical (unpaired) electrons. The molecule has 1 aromatic heterocycles. The highest BCUT2D eigenvalue weighted by Crippen LogP contribution is 2.28. The van der Waals surface area contributed by atoms with E-state index in [1.54, 1.807) is 0 Å². The average Bonchev–Trinajstić information content (AvgIpc) is 2.47. The molecule has 1 atom stereocenters. The fourth-order valence-corrected chi connectivity index (χ4v) is 4.51. The van der Waals surface area contributed by atoms with Crippen molar-refractivity contribution in [1.29, 1.82) is 0 Å². The van der Waals surface area contributed by atoms with E-state index in [9.17, 15) is 0 Å². The second-order valence-corrected chi connectivity index (χ2v) is 13.3. The van der Waals surface area contributed by atoms with E-state index in [0.29, 0.717) is 11.8 Å². The van der Waals surface area contributed by atoms with Crippen molar-refractivity contribution in [2.45, 2.75) is 60.2 Å². The maximum absolute atomic E-state index is 4.82. The molecule has 0 fully saturated rings. The molecule has 0 saturated heterocycles. The summed E-state index contributed by atoms with van der Waals surface area (Å²) in [5.41, 5.74) is 6.51. The predicted molar refractivity (Wildman–Crippen MR) is 105 cm³/mol. The van der Waals surface area contributed by atoms with Crippen molar-refractivity contribution < 1.29 is 0 Å². The zero-order valence-corrected chi connectivity index (χ0v) is 17.0. The average molecular weight is 326 g/mol. The van der Waals surface area contributed by atoms with Crippen LogP contribution in [0.25, 0.3) is 11.3 Å². The Hall–Kier alpha value is -1.41. The van der Waals surface area contributed by atoms with Gasteiger partial charge in [0.05, 0.1) is 13.8 Å². The number of aryl methyl sites for hydroxylation is 2. The second-order valence-electron chi connectivity index (χ2n) is 8.24. The van der Waals surface area contributed by atoms with Crippen molar-refractivity contribution in [2.24, 2.45) is 5.92 Å². The van der Waals surface area contributed by atoms with Gasteiger partial charge in [0.25, 0.3) is 0 Å². The highest BCUT2D eigenvalue weighted by molar-refractivity contribution is 6.89. The van der Waals surface area contributed by atoms with E-state index in [0.717, 1.165) is 5.69 Å². The van der Waals surface area contributed by atoms with Gasteiger partial charge in [0.15, 0.2) is 0 Å². The molecule has 0 saturated carbocycles. The van der Waals surface area contributed by atoms with Gasteiger partial charge >= 0.3 is 0 Å². The first kappa shape index (κ1) is 17.9. The van der Waals surface area contributed by atoms with Gasteiger partial charge in [-0.2, -0.15) is 0 Å². The third-order valence-corrected chi connectivity index (χ3v) is 7.07. The molecule has 0 bridgehead atoms. The van der Waals surface area contributed by atoms with Gasteiger partial charge in [-0.3, -0.25) is 4.98 Å². The van der Waals surface area contributed by atoms with Gasteiger partial charge in [-0.05, 0) is 59.7 Å².